The Morgan fingerprint density at radius 3 is 2.67 bits per heavy atom. The Labute approximate surface area is 105 Å². The minimum absolute atomic E-state index is 0.0346. The second-order valence-electron chi connectivity index (χ2n) is 3.85. The summed E-state index contributed by atoms with van der Waals surface area (Å²) in [5, 5.41) is 0. The van der Waals surface area contributed by atoms with E-state index in [2.05, 4.69) is 11.6 Å². The van der Waals surface area contributed by atoms with E-state index >= 15 is 0 Å². The largest absolute Gasteiger partial charge is 0.465 e. The summed E-state index contributed by atoms with van der Waals surface area (Å²) in [6.07, 6.45) is 3.23. The number of hydrogen-bond acceptors (Lipinski definition) is 6. The average Bonchev–Trinajstić information content (AvgIpc) is 3.10. The number of carbonyl (C=O) groups excluding carboxylic acids is 3. The van der Waals surface area contributed by atoms with Gasteiger partial charge < -0.3 is 9.47 Å². The molecule has 0 aromatic rings. The first-order chi connectivity index (χ1) is 8.63. The molecule has 98 valence electrons. The van der Waals surface area contributed by atoms with Crippen LogP contribution in [-0.2, 0) is 23.9 Å². The molecule has 0 N–H and O–H groups in total. The summed E-state index contributed by atoms with van der Waals surface area (Å²) in [6.45, 7) is 5.41. The van der Waals surface area contributed by atoms with Crippen molar-refractivity contribution in [3.8, 4) is 0 Å². The van der Waals surface area contributed by atoms with Crippen LogP contribution in [0, 0.1) is 11.3 Å². The smallest absolute Gasteiger partial charge is 0.324 e. The molecule has 18 heavy (non-hydrogen) atoms. The van der Waals surface area contributed by atoms with Gasteiger partial charge in [0.2, 0.25) is 6.08 Å². The number of rotatable bonds is 7. The van der Waals surface area contributed by atoms with Crippen LogP contribution in [0.1, 0.15) is 13.3 Å². The van der Waals surface area contributed by atoms with Gasteiger partial charge in [0, 0.05) is 5.92 Å². The molecule has 1 fully saturated rings. The van der Waals surface area contributed by atoms with Crippen molar-refractivity contribution in [1.29, 1.82) is 0 Å². The van der Waals surface area contributed by atoms with Crippen LogP contribution in [0.5, 0.6) is 0 Å². The minimum atomic E-state index is -1.25. The van der Waals surface area contributed by atoms with E-state index in [-0.39, 0.29) is 25.7 Å². The molecule has 0 aromatic carbocycles. The molecular weight excluding hydrogens is 238 g/mol. The normalized spacial score (nSPS) is 24.6. The molecule has 6 heteroatoms. The second-order valence-corrected chi connectivity index (χ2v) is 3.85. The number of ether oxygens (including phenoxy) is 2. The molecule has 0 amide bonds. The summed E-state index contributed by atoms with van der Waals surface area (Å²) in [6, 6.07) is 0. The molecule has 0 radical (unpaired) electrons. The van der Waals surface area contributed by atoms with Crippen LogP contribution >= 0.6 is 0 Å². The molecule has 0 bridgehead atoms. The fourth-order valence-corrected chi connectivity index (χ4v) is 1.74. The van der Waals surface area contributed by atoms with Crippen LogP contribution in [0.3, 0.4) is 0 Å². The number of isocyanates is 1. The molecule has 0 saturated heterocycles. The highest BCUT2D eigenvalue weighted by Crippen LogP contribution is 2.55. The van der Waals surface area contributed by atoms with Crippen molar-refractivity contribution in [3.63, 3.8) is 0 Å². The van der Waals surface area contributed by atoms with Crippen molar-refractivity contribution < 1.29 is 23.9 Å². The third-order valence-electron chi connectivity index (χ3n) is 2.80. The topological polar surface area (TPSA) is 82.0 Å². The molecule has 0 aromatic heterocycles. The summed E-state index contributed by atoms with van der Waals surface area (Å²) < 4.78 is 9.79. The van der Waals surface area contributed by atoms with E-state index in [1.807, 2.05) is 0 Å². The van der Waals surface area contributed by atoms with Gasteiger partial charge in [-0.3, -0.25) is 9.59 Å². The number of allylic oxidation sites excluding steroid dienone is 1. The van der Waals surface area contributed by atoms with E-state index < -0.39 is 17.4 Å². The van der Waals surface area contributed by atoms with Crippen LogP contribution in [0.4, 0.5) is 0 Å². The van der Waals surface area contributed by atoms with Crippen molar-refractivity contribution >= 4 is 18.0 Å². The van der Waals surface area contributed by atoms with E-state index in [0.29, 0.717) is 6.42 Å². The SMILES string of the molecule is C=CC1CC1(C(=O)OCC)C(=O)OCCN=C=O. The van der Waals surface area contributed by atoms with Crippen molar-refractivity contribution in [2.24, 2.45) is 16.3 Å². The molecule has 0 heterocycles. The van der Waals surface area contributed by atoms with E-state index in [0.717, 1.165) is 0 Å². The van der Waals surface area contributed by atoms with Gasteiger partial charge in [-0.2, -0.15) is 0 Å². The zero-order chi connectivity index (χ0) is 13.6. The fourth-order valence-electron chi connectivity index (χ4n) is 1.74. The van der Waals surface area contributed by atoms with Gasteiger partial charge in [0.1, 0.15) is 6.61 Å². The Hall–Kier alpha value is -1.94. The Bertz CT molecular complexity index is 399. The third kappa shape index (κ3) is 2.65. The highest BCUT2D eigenvalue weighted by Gasteiger charge is 2.67. The van der Waals surface area contributed by atoms with Gasteiger partial charge in [-0.1, -0.05) is 6.08 Å². The maximum absolute atomic E-state index is 11.9. The number of nitrogens with zero attached hydrogens (tertiary/aromatic N) is 1. The zero-order valence-electron chi connectivity index (χ0n) is 10.2. The first-order valence-corrected chi connectivity index (χ1v) is 5.64. The Morgan fingerprint density at radius 2 is 2.17 bits per heavy atom. The standard InChI is InChI=1S/C12H15NO5/c1-3-9-7-12(9,10(15)17-4-2)11(16)18-6-5-13-8-14/h3,9H,1,4-7H2,2H3. The summed E-state index contributed by atoms with van der Waals surface area (Å²) in [4.78, 5) is 36.7. The van der Waals surface area contributed by atoms with Gasteiger partial charge in [0.25, 0.3) is 0 Å². The summed E-state index contributed by atoms with van der Waals surface area (Å²) in [5.41, 5.74) is -1.25. The lowest BCUT2D eigenvalue weighted by molar-refractivity contribution is -0.164. The molecular formula is C12H15NO5. The van der Waals surface area contributed by atoms with Crippen molar-refractivity contribution in [1.82, 2.24) is 0 Å². The van der Waals surface area contributed by atoms with Gasteiger partial charge in [-0.05, 0) is 13.3 Å². The van der Waals surface area contributed by atoms with Gasteiger partial charge in [-0.25, -0.2) is 9.79 Å². The quantitative estimate of drug-likeness (QED) is 0.166. The lowest BCUT2D eigenvalue weighted by atomic mass is 10.0. The van der Waals surface area contributed by atoms with Gasteiger partial charge in [-0.15, -0.1) is 6.58 Å². The number of aliphatic imine (C=N–C) groups is 1. The van der Waals surface area contributed by atoms with Crippen molar-refractivity contribution in [2.75, 3.05) is 19.8 Å². The maximum Gasteiger partial charge on any atom is 0.324 e. The Morgan fingerprint density at radius 1 is 1.50 bits per heavy atom. The Balaban J connectivity index is 2.62. The van der Waals surface area contributed by atoms with Gasteiger partial charge in [0.15, 0.2) is 5.41 Å². The molecule has 6 nitrogen and oxygen atoms in total. The van der Waals surface area contributed by atoms with Crippen LogP contribution in [0.25, 0.3) is 0 Å². The van der Waals surface area contributed by atoms with E-state index in [1.54, 1.807) is 13.0 Å². The monoisotopic (exact) mass is 253 g/mol. The lowest BCUT2D eigenvalue weighted by Gasteiger charge is -2.13. The van der Waals surface area contributed by atoms with E-state index in [9.17, 15) is 14.4 Å². The van der Waals surface area contributed by atoms with Crippen LogP contribution in [0.15, 0.2) is 17.6 Å². The highest BCUT2D eigenvalue weighted by atomic mass is 16.6. The molecule has 2 unspecified atom stereocenters. The first-order valence-electron chi connectivity index (χ1n) is 5.64. The van der Waals surface area contributed by atoms with Crippen molar-refractivity contribution in [3.05, 3.63) is 12.7 Å². The van der Waals surface area contributed by atoms with Crippen LogP contribution < -0.4 is 0 Å². The molecule has 0 aliphatic heterocycles. The highest BCUT2D eigenvalue weighted by molar-refractivity contribution is 6.04. The van der Waals surface area contributed by atoms with E-state index in [4.69, 9.17) is 9.47 Å². The number of carbonyl (C=O) groups is 2. The van der Waals surface area contributed by atoms with Gasteiger partial charge >= 0.3 is 11.9 Å². The summed E-state index contributed by atoms with van der Waals surface area (Å²) >= 11 is 0. The van der Waals surface area contributed by atoms with Crippen LogP contribution in [-0.4, -0.2) is 37.8 Å². The summed E-state index contributed by atoms with van der Waals surface area (Å²) in [7, 11) is 0. The van der Waals surface area contributed by atoms with Crippen LogP contribution in [0.2, 0.25) is 0 Å². The van der Waals surface area contributed by atoms with Crippen molar-refractivity contribution in [2.45, 2.75) is 13.3 Å². The lowest BCUT2D eigenvalue weighted by Crippen LogP contribution is -2.32. The molecule has 1 aliphatic rings. The second kappa shape index (κ2) is 6.12. The third-order valence-corrected chi connectivity index (χ3v) is 2.80. The molecule has 0 spiro atoms. The first kappa shape index (κ1) is 14.1. The molecule has 1 aliphatic carbocycles. The average molecular weight is 253 g/mol. The Kier molecular flexibility index (Phi) is 4.80. The van der Waals surface area contributed by atoms with E-state index in [1.165, 1.54) is 6.08 Å². The predicted octanol–water partition coefficient (Wildman–Crippen LogP) is 0.621. The van der Waals surface area contributed by atoms with Gasteiger partial charge in [0.05, 0.1) is 13.2 Å². The minimum Gasteiger partial charge on any atom is -0.465 e. The number of esters is 2. The molecule has 1 saturated carbocycles. The maximum atomic E-state index is 11.9. The zero-order valence-corrected chi connectivity index (χ0v) is 10.2. The predicted molar refractivity (Wildman–Crippen MR) is 61.3 cm³/mol. The number of hydrogen-bond donors (Lipinski definition) is 0. The molecule has 1 rings (SSSR count). The molecule has 2 atom stereocenters. The fraction of sp³-hybridized carbons (Fsp3) is 0.583. The summed E-state index contributed by atoms with van der Waals surface area (Å²) in [5.74, 6) is -1.48.